The van der Waals surface area contributed by atoms with Crippen LogP contribution < -0.4 is 0 Å². The van der Waals surface area contributed by atoms with Gasteiger partial charge in [-0.1, -0.05) is 97.1 Å². The van der Waals surface area contributed by atoms with Gasteiger partial charge in [-0.05, 0) is 72.8 Å². The molecule has 4 aliphatic rings. The van der Waals surface area contributed by atoms with Gasteiger partial charge in [-0.25, -0.2) is 19.9 Å². The molecule has 0 atom stereocenters. The Morgan fingerprint density at radius 3 is 1.56 bits per heavy atom. The van der Waals surface area contributed by atoms with E-state index >= 15 is 0 Å². The first-order valence-corrected chi connectivity index (χ1v) is 15.6. The molecule has 4 fully saturated rings. The molecule has 0 radical (unpaired) electrons. The molecule has 10 rings (SSSR count). The minimum Gasteiger partial charge on any atom is -0.443 e. The third-order valence-corrected chi connectivity index (χ3v) is 10.2. The molecule has 0 spiro atoms. The van der Waals surface area contributed by atoms with E-state index < -0.39 is 0 Å². The van der Waals surface area contributed by atoms with Crippen LogP contribution in [0, 0.1) is 17.8 Å². The van der Waals surface area contributed by atoms with Crippen LogP contribution in [0.4, 0.5) is 0 Å². The quantitative estimate of drug-likeness (QED) is 0.210. The lowest BCUT2D eigenvalue weighted by molar-refractivity contribution is -0.00457. The fourth-order valence-corrected chi connectivity index (χ4v) is 8.78. The number of hydrogen-bond donors (Lipinski definition) is 0. The van der Waals surface area contributed by atoms with Gasteiger partial charge in [-0.15, -0.1) is 0 Å². The number of fused-ring (bicyclic) bond motifs is 1. The van der Waals surface area contributed by atoms with Crippen molar-refractivity contribution in [3.63, 3.8) is 0 Å². The van der Waals surface area contributed by atoms with Crippen LogP contribution in [0.5, 0.6) is 0 Å². The number of hydrogen-bond acceptors (Lipinski definition) is 5. The SMILES string of the molecule is c1ccc(-c2nc(-c3ccccc3)nc(-c3ccc(-c4ccc(C56CC7CC(CC(C7)C5)C6)c5ncoc45)cc3)n2)cc1. The maximum atomic E-state index is 6.11. The first-order chi connectivity index (χ1) is 21.2. The monoisotopic (exact) mass is 560 g/mol. The first-order valence-electron chi connectivity index (χ1n) is 15.6. The fourth-order valence-electron chi connectivity index (χ4n) is 8.78. The van der Waals surface area contributed by atoms with Gasteiger partial charge in [0.05, 0.1) is 0 Å². The highest BCUT2D eigenvalue weighted by Gasteiger charge is 2.52. The van der Waals surface area contributed by atoms with Gasteiger partial charge in [0.2, 0.25) is 0 Å². The number of aromatic nitrogens is 4. The average molecular weight is 561 g/mol. The molecule has 5 nitrogen and oxygen atoms in total. The van der Waals surface area contributed by atoms with E-state index in [1.165, 1.54) is 44.1 Å². The topological polar surface area (TPSA) is 64.7 Å². The molecule has 0 unspecified atom stereocenters. The highest BCUT2D eigenvalue weighted by molar-refractivity contribution is 5.93. The van der Waals surface area contributed by atoms with Crippen LogP contribution >= 0.6 is 0 Å². The van der Waals surface area contributed by atoms with Crippen LogP contribution in [-0.4, -0.2) is 19.9 Å². The maximum absolute atomic E-state index is 6.11. The molecule has 210 valence electrons. The van der Waals surface area contributed by atoms with Gasteiger partial charge in [-0.2, -0.15) is 0 Å². The normalized spacial score (nSPS) is 24.0. The van der Waals surface area contributed by atoms with Gasteiger partial charge in [0, 0.05) is 22.3 Å². The molecular weight excluding hydrogens is 528 g/mol. The second-order valence-electron chi connectivity index (χ2n) is 13.0. The van der Waals surface area contributed by atoms with E-state index in [1.807, 2.05) is 60.7 Å². The number of oxazole rings is 1. The molecular formula is C38H32N4O. The zero-order valence-electron chi connectivity index (χ0n) is 24.0. The largest absolute Gasteiger partial charge is 0.443 e. The van der Waals surface area contributed by atoms with E-state index in [9.17, 15) is 0 Å². The van der Waals surface area contributed by atoms with Crippen LogP contribution in [0.25, 0.3) is 56.4 Å². The molecule has 4 aromatic carbocycles. The summed E-state index contributed by atoms with van der Waals surface area (Å²) in [5.41, 5.74) is 8.71. The zero-order chi connectivity index (χ0) is 28.4. The maximum Gasteiger partial charge on any atom is 0.182 e. The van der Waals surface area contributed by atoms with Crippen LogP contribution in [0.15, 0.2) is 108 Å². The Kier molecular flexibility index (Phi) is 5.62. The molecule has 0 N–H and O–H groups in total. The number of rotatable bonds is 5. The number of nitrogens with zero attached hydrogens (tertiary/aromatic N) is 4. The van der Waals surface area contributed by atoms with E-state index in [1.54, 1.807) is 6.39 Å². The molecule has 5 heteroatoms. The molecule has 43 heavy (non-hydrogen) atoms. The summed E-state index contributed by atoms with van der Waals surface area (Å²) < 4.78 is 6.11. The second-order valence-corrected chi connectivity index (χ2v) is 13.0. The van der Waals surface area contributed by atoms with Crippen LogP contribution in [0.2, 0.25) is 0 Å². The number of benzene rings is 4. The molecule has 4 saturated carbocycles. The lowest BCUT2D eigenvalue weighted by Crippen LogP contribution is -2.48. The fraction of sp³-hybridized carbons (Fsp3) is 0.263. The Hall–Kier alpha value is -4.64. The highest BCUT2D eigenvalue weighted by atomic mass is 16.3. The summed E-state index contributed by atoms with van der Waals surface area (Å²) in [6.45, 7) is 0. The predicted molar refractivity (Wildman–Crippen MR) is 169 cm³/mol. The Bertz CT molecular complexity index is 1850. The Morgan fingerprint density at radius 1 is 0.535 bits per heavy atom. The molecule has 2 aromatic heterocycles. The summed E-state index contributed by atoms with van der Waals surface area (Å²) in [4.78, 5) is 19.4. The molecule has 0 amide bonds. The summed E-state index contributed by atoms with van der Waals surface area (Å²) >= 11 is 0. The van der Waals surface area contributed by atoms with Crippen LogP contribution in [0.3, 0.4) is 0 Å². The lowest BCUT2D eigenvalue weighted by atomic mass is 9.48. The minimum absolute atomic E-state index is 0.276. The van der Waals surface area contributed by atoms with Crippen molar-refractivity contribution in [2.75, 3.05) is 0 Å². The van der Waals surface area contributed by atoms with Crippen LogP contribution in [0.1, 0.15) is 44.1 Å². The van der Waals surface area contributed by atoms with Gasteiger partial charge in [0.1, 0.15) is 5.52 Å². The van der Waals surface area contributed by atoms with E-state index in [-0.39, 0.29) is 5.41 Å². The summed E-state index contributed by atoms with van der Waals surface area (Å²) in [5, 5.41) is 0. The van der Waals surface area contributed by atoms with Crippen molar-refractivity contribution in [2.24, 2.45) is 17.8 Å². The van der Waals surface area contributed by atoms with Crippen molar-refractivity contribution in [3.8, 4) is 45.3 Å². The predicted octanol–water partition coefficient (Wildman–Crippen LogP) is 9.15. The molecule has 2 heterocycles. The van der Waals surface area contributed by atoms with Crippen molar-refractivity contribution in [1.29, 1.82) is 0 Å². The van der Waals surface area contributed by atoms with E-state index in [2.05, 4.69) is 36.4 Å². The Labute approximate surface area is 251 Å². The summed E-state index contributed by atoms with van der Waals surface area (Å²) in [5.74, 6) is 4.65. The van der Waals surface area contributed by atoms with Gasteiger partial charge in [0.25, 0.3) is 0 Å². The average Bonchev–Trinajstić information content (AvgIpc) is 3.55. The molecule has 0 saturated heterocycles. The van der Waals surface area contributed by atoms with Crippen molar-refractivity contribution < 1.29 is 4.42 Å². The second kappa shape index (κ2) is 9.70. The third kappa shape index (κ3) is 4.21. The highest BCUT2D eigenvalue weighted by Crippen LogP contribution is 2.61. The van der Waals surface area contributed by atoms with Crippen LogP contribution in [-0.2, 0) is 5.41 Å². The molecule has 4 aliphatic carbocycles. The van der Waals surface area contributed by atoms with E-state index in [4.69, 9.17) is 24.4 Å². The van der Waals surface area contributed by atoms with Crippen molar-refractivity contribution >= 4 is 11.1 Å². The smallest absolute Gasteiger partial charge is 0.182 e. The van der Waals surface area contributed by atoms with Crippen molar-refractivity contribution in [2.45, 2.75) is 43.9 Å². The molecule has 4 bridgehead atoms. The molecule has 0 aliphatic heterocycles. The van der Waals surface area contributed by atoms with Crippen molar-refractivity contribution in [1.82, 2.24) is 19.9 Å². The zero-order valence-corrected chi connectivity index (χ0v) is 24.0. The first kappa shape index (κ1) is 24.9. The summed E-state index contributed by atoms with van der Waals surface area (Å²) in [6, 6.07) is 33.3. The Morgan fingerprint density at radius 2 is 1.02 bits per heavy atom. The third-order valence-electron chi connectivity index (χ3n) is 10.2. The van der Waals surface area contributed by atoms with E-state index in [0.29, 0.717) is 17.5 Å². The van der Waals surface area contributed by atoms with Gasteiger partial charge < -0.3 is 4.42 Å². The van der Waals surface area contributed by atoms with Gasteiger partial charge in [-0.3, -0.25) is 0 Å². The van der Waals surface area contributed by atoms with E-state index in [0.717, 1.165) is 56.7 Å². The lowest BCUT2D eigenvalue weighted by Gasteiger charge is -2.57. The van der Waals surface area contributed by atoms with Gasteiger partial charge in [0.15, 0.2) is 29.4 Å². The van der Waals surface area contributed by atoms with Gasteiger partial charge >= 0.3 is 0 Å². The summed E-state index contributed by atoms with van der Waals surface area (Å²) in [7, 11) is 0. The summed E-state index contributed by atoms with van der Waals surface area (Å²) in [6.07, 6.45) is 9.89. The van der Waals surface area contributed by atoms with Crippen molar-refractivity contribution in [3.05, 3.63) is 109 Å². The standard InChI is InChI=1S/C38H32N4O/c1-3-7-28(8-4-1)35-40-36(29-9-5-2-6-10-29)42-37(41-35)30-13-11-27(12-14-30)31-15-16-32(33-34(31)43-23-39-33)38-20-24-17-25(21-38)19-26(18-24)22-38/h1-16,23-26H,17-22H2. The minimum atomic E-state index is 0.276. The molecule has 6 aromatic rings. The Balaban J connectivity index is 1.09.